The maximum atomic E-state index is 6.13. The van der Waals surface area contributed by atoms with Gasteiger partial charge in [-0.25, -0.2) is 0 Å². The zero-order chi connectivity index (χ0) is 13.9. The Labute approximate surface area is 126 Å². The molecular formula is C13H13Cl2N3O2. The number of halogens is 2. The predicted octanol–water partition coefficient (Wildman–Crippen LogP) is 2.63. The molecule has 0 amide bonds. The molecule has 1 atom stereocenters. The summed E-state index contributed by atoms with van der Waals surface area (Å²) in [6.07, 6.45) is 0.440. The Hall–Kier alpha value is -1.14. The van der Waals surface area contributed by atoms with Crippen LogP contribution >= 0.6 is 23.2 Å². The molecule has 0 spiro atoms. The Bertz CT molecular complexity index is 577. The lowest BCUT2D eigenvalue weighted by atomic mass is 10.1. The molecule has 1 fully saturated rings. The Kier molecular flexibility index (Phi) is 4.21. The van der Waals surface area contributed by atoms with Crippen LogP contribution in [0.2, 0.25) is 10.0 Å². The van der Waals surface area contributed by atoms with Crippen molar-refractivity contribution in [3.63, 3.8) is 0 Å². The van der Waals surface area contributed by atoms with E-state index < -0.39 is 0 Å². The average Bonchev–Trinajstić information content (AvgIpc) is 2.93. The van der Waals surface area contributed by atoms with Gasteiger partial charge in [0.2, 0.25) is 5.89 Å². The number of hydrogen-bond donors (Lipinski definition) is 1. The predicted molar refractivity (Wildman–Crippen MR) is 75.1 cm³/mol. The van der Waals surface area contributed by atoms with Gasteiger partial charge in [-0.3, -0.25) is 0 Å². The van der Waals surface area contributed by atoms with Gasteiger partial charge < -0.3 is 14.6 Å². The van der Waals surface area contributed by atoms with Crippen LogP contribution in [0.1, 0.15) is 23.3 Å². The number of benzene rings is 1. The van der Waals surface area contributed by atoms with E-state index in [-0.39, 0.29) is 6.04 Å². The molecule has 106 valence electrons. The van der Waals surface area contributed by atoms with Crippen molar-refractivity contribution in [2.24, 2.45) is 0 Å². The zero-order valence-corrected chi connectivity index (χ0v) is 12.1. The summed E-state index contributed by atoms with van der Waals surface area (Å²) >= 11 is 12.3. The normalized spacial score (nSPS) is 19.2. The lowest BCUT2D eigenvalue weighted by Crippen LogP contribution is -2.34. The van der Waals surface area contributed by atoms with Crippen LogP contribution in [0.25, 0.3) is 0 Å². The zero-order valence-electron chi connectivity index (χ0n) is 10.6. The lowest BCUT2D eigenvalue weighted by Gasteiger charge is -2.20. The molecule has 5 nitrogen and oxygen atoms in total. The molecule has 1 aliphatic rings. The van der Waals surface area contributed by atoms with Gasteiger partial charge in [0, 0.05) is 23.0 Å². The first-order chi connectivity index (χ1) is 9.74. The lowest BCUT2D eigenvalue weighted by molar-refractivity contribution is 0.0659. The van der Waals surface area contributed by atoms with Gasteiger partial charge in [-0.05, 0) is 17.7 Å². The SMILES string of the molecule is Clc1cccc(Cl)c1Cc1noc(C2COCCN2)n1. The number of rotatable bonds is 3. The van der Waals surface area contributed by atoms with Crippen molar-refractivity contribution in [2.45, 2.75) is 12.5 Å². The first-order valence-corrected chi connectivity index (χ1v) is 7.06. The fraction of sp³-hybridized carbons (Fsp3) is 0.385. The minimum absolute atomic E-state index is 0.0493. The van der Waals surface area contributed by atoms with Crippen molar-refractivity contribution in [3.05, 3.63) is 45.5 Å². The summed E-state index contributed by atoms with van der Waals surface area (Å²) in [6.45, 7) is 2.01. The Morgan fingerprint density at radius 3 is 2.80 bits per heavy atom. The number of morpholine rings is 1. The largest absolute Gasteiger partial charge is 0.378 e. The Balaban J connectivity index is 1.77. The molecule has 20 heavy (non-hydrogen) atoms. The average molecular weight is 314 g/mol. The molecule has 1 unspecified atom stereocenters. The highest BCUT2D eigenvalue weighted by Gasteiger charge is 2.22. The summed E-state index contributed by atoms with van der Waals surface area (Å²) in [5.74, 6) is 1.09. The van der Waals surface area contributed by atoms with E-state index in [9.17, 15) is 0 Å². The second-order valence-electron chi connectivity index (χ2n) is 4.51. The monoisotopic (exact) mass is 313 g/mol. The van der Waals surface area contributed by atoms with Crippen molar-refractivity contribution in [1.29, 1.82) is 0 Å². The van der Waals surface area contributed by atoms with Gasteiger partial charge in [0.25, 0.3) is 0 Å². The minimum Gasteiger partial charge on any atom is -0.378 e. The van der Waals surface area contributed by atoms with Crippen LogP contribution in [-0.2, 0) is 11.2 Å². The summed E-state index contributed by atoms with van der Waals surface area (Å²) in [5, 5.41) is 8.43. The van der Waals surface area contributed by atoms with E-state index in [4.69, 9.17) is 32.5 Å². The summed E-state index contributed by atoms with van der Waals surface area (Å²) in [6, 6.07) is 5.34. The fourth-order valence-electron chi connectivity index (χ4n) is 2.06. The van der Waals surface area contributed by atoms with Gasteiger partial charge in [0.1, 0.15) is 6.04 Å². The van der Waals surface area contributed by atoms with Gasteiger partial charge >= 0.3 is 0 Å². The molecule has 2 heterocycles. The van der Waals surface area contributed by atoms with E-state index in [1.165, 1.54) is 0 Å². The van der Waals surface area contributed by atoms with E-state index in [2.05, 4.69) is 15.5 Å². The molecule has 2 aromatic rings. The Morgan fingerprint density at radius 1 is 1.30 bits per heavy atom. The fourth-order valence-corrected chi connectivity index (χ4v) is 2.60. The Morgan fingerprint density at radius 2 is 2.10 bits per heavy atom. The van der Waals surface area contributed by atoms with Crippen molar-refractivity contribution < 1.29 is 9.26 Å². The van der Waals surface area contributed by atoms with Crippen LogP contribution in [0.3, 0.4) is 0 Å². The van der Waals surface area contributed by atoms with E-state index in [1.54, 1.807) is 18.2 Å². The summed E-state index contributed by atoms with van der Waals surface area (Å²) in [4.78, 5) is 4.37. The van der Waals surface area contributed by atoms with E-state index in [1.807, 2.05) is 0 Å². The third kappa shape index (κ3) is 2.96. The van der Waals surface area contributed by atoms with E-state index in [0.717, 1.165) is 12.1 Å². The van der Waals surface area contributed by atoms with E-state index in [0.29, 0.717) is 41.4 Å². The highest BCUT2D eigenvalue weighted by Crippen LogP contribution is 2.26. The van der Waals surface area contributed by atoms with Gasteiger partial charge in [-0.1, -0.05) is 34.4 Å². The van der Waals surface area contributed by atoms with Crippen LogP contribution in [0.4, 0.5) is 0 Å². The molecule has 0 aliphatic carbocycles. The molecule has 3 rings (SSSR count). The third-order valence-electron chi connectivity index (χ3n) is 3.10. The van der Waals surface area contributed by atoms with Crippen molar-refractivity contribution in [3.8, 4) is 0 Å². The maximum Gasteiger partial charge on any atom is 0.246 e. The number of nitrogens with zero attached hydrogens (tertiary/aromatic N) is 2. The summed E-state index contributed by atoms with van der Waals surface area (Å²) in [5.41, 5.74) is 0.802. The van der Waals surface area contributed by atoms with Gasteiger partial charge in [0.15, 0.2) is 5.82 Å². The molecule has 0 saturated carbocycles. The highest BCUT2D eigenvalue weighted by molar-refractivity contribution is 6.36. The first kappa shape index (κ1) is 13.8. The molecule has 1 aromatic heterocycles. The second kappa shape index (κ2) is 6.10. The summed E-state index contributed by atoms with van der Waals surface area (Å²) in [7, 11) is 0. The first-order valence-electron chi connectivity index (χ1n) is 6.30. The van der Waals surface area contributed by atoms with Crippen LogP contribution in [0.5, 0.6) is 0 Å². The number of aromatic nitrogens is 2. The highest BCUT2D eigenvalue weighted by atomic mass is 35.5. The number of ether oxygens (including phenoxy) is 1. The van der Waals surface area contributed by atoms with Gasteiger partial charge in [-0.15, -0.1) is 0 Å². The van der Waals surface area contributed by atoms with E-state index >= 15 is 0 Å². The van der Waals surface area contributed by atoms with Gasteiger partial charge in [0.05, 0.1) is 13.2 Å². The molecule has 1 aromatic carbocycles. The van der Waals surface area contributed by atoms with Crippen LogP contribution in [-0.4, -0.2) is 29.9 Å². The van der Waals surface area contributed by atoms with Gasteiger partial charge in [-0.2, -0.15) is 4.98 Å². The maximum absolute atomic E-state index is 6.13. The molecule has 7 heteroatoms. The van der Waals surface area contributed by atoms with Crippen molar-refractivity contribution in [2.75, 3.05) is 19.8 Å². The number of nitrogens with one attached hydrogen (secondary N) is 1. The van der Waals surface area contributed by atoms with Crippen LogP contribution in [0, 0.1) is 0 Å². The quantitative estimate of drug-likeness (QED) is 0.944. The van der Waals surface area contributed by atoms with Crippen LogP contribution in [0.15, 0.2) is 22.7 Å². The molecule has 1 aliphatic heterocycles. The smallest absolute Gasteiger partial charge is 0.246 e. The third-order valence-corrected chi connectivity index (χ3v) is 3.81. The number of hydrogen-bond acceptors (Lipinski definition) is 5. The standard InChI is InChI=1S/C13H13Cl2N3O2/c14-9-2-1-3-10(15)8(9)6-12-17-13(20-18-12)11-7-19-5-4-16-11/h1-3,11,16H,4-7H2. The van der Waals surface area contributed by atoms with Crippen LogP contribution < -0.4 is 5.32 Å². The molecular weight excluding hydrogens is 301 g/mol. The molecule has 1 N–H and O–H groups in total. The summed E-state index contributed by atoms with van der Waals surface area (Å²) < 4.78 is 10.6. The minimum atomic E-state index is -0.0493. The van der Waals surface area contributed by atoms with Crippen molar-refractivity contribution >= 4 is 23.2 Å². The second-order valence-corrected chi connectivity index (χ2v) is 5.32. The molecule has 0 radical (unpaired) electrons. The topological polar surface area (TPSA) is 60.2 Å². The van der Waals surface area contributed by atoms with Crippen molar-refractivity contribution in [1.82, 2.24) is 15.5 Å². The molecule has 1 saturated heterocycles. The molecule has 0 bridgehead atoms.